The van der Waals surface area contributed by atoms with Crippen LogP contribution in [0.2, 0.25) is 0 Å². The van der Waals surface area contributed by atoms with Crippen LogP contribution in [0.25, 0.3) is 10.4 Å². The van der Waals surface area contributed by atoms with Gasteiger partial charge in [-0.05, 0) is 36.7 Å². The fourth-order valence-electron chi connectivity index (χ4n) is 2.25. The summed E-state index contributed by atoms with van der Waals surface area (Å²) in [5, 5.41) is 4.54. The monoisotopic (exact) mass is 325 g/mol. The van der Waals surface area contributed by atoms with E-state index in [9.17, 15) is 0 Å². The van der Waals surface area contributed by atoms with E-state index in [4.69, 9.17) is 4.74 Å². The molecule has 0 atom stereocenters. The Kier molecular flexibility index (Phi) is 5.34. The number of aromatic nitrogens is 2. The van der Waals surface area contributed by atoms with Crippen molar-refractivity contribution < 1.29 is 4.74 Å². The summed E-state index contributed by atoms with van der Waals surface area (Å²) in [4.78, 5) is 9.77. The van der Waals surface area contributed by atoms with E-state index >= 15 is 0 Å². The molecule has 2 aromatic heterocycles. The Balaban J connectivity index is 1.46. The average molecular weight is 325 g/mol. The molecule has 3 aromatic rings. The van der Waals surface area contributed by atoms with Gasteiger partial charge in [-0.1, -0.05) is 18.2 Å². The van der Waals surface area contributed by atoms with E-state index in [1.807, 2.05) is 30.6 Å². The number of thiazole rings is 1. The molecule has 0 spiro atoms. The molecule has 4 nitrogen and oxygen atoms in total. The fourth-order valence-corrected chi connectivity index (χ4v) is 3.13. The Labute approximate surface area is 140 Å². The molecule has 1 aromatic carbocycles. The van der Waals surface area contributed by atoms with Crippen LogP contribution in [0.4, 0.5) is 0 Å². The highest BCUT2D eigenvalue weighted by atomic mass is 32.1. The van der Waals surface area contributed by atoms with Crippen LogP contribution in [0.15, 0.2) is 55.0 Å². The first kappa shape index (κ1) is 15.6. The molecule has 1 N–H and O–H groups in total. The summed E-state index contributed by atoms with van der Waals surface area (Å²) in [6.07, 6.45) is 6.56. The number of benzene rings is 1. The van der Waals surface area contributed by atoms with E-state index in [1.165, 1.54) is 5.56 Å². The number of rotatable bonds is 7. The lowest BCUT2D eigenvalue weighted by Crippen LogP contribution is -2.16. The Morgan fingerprint density at radius 2 is 2.00 bits per heavy atom. The van der Waals surface area contributed by atoms with E-state index in [0.29, 0.717) is 0 Å². The maximum absolute atomic E-state index is 5.16. The largest absolute Gasteiger partial charge is 0.497 e. The molecule has 0 saturated heterocycles. The zero-order valence-electron chi connectivity index (χ0n) is 13.0. The lowest BCUT2D eigenvalue weighted by atomic mass is 10.1. The van der Waals surface area contributed by atoms with Gasteiger partial charge in [-0.2, -0.15) is 0 Å². The third-order valence-electron chi connectivity index (χ3n) is 3.53. The molecule has 0 radical (unpaired) electrons. The summed E-state index contributed by atoms with van der Waals surface area (Å²) < 4.78 is 5.16. The number of methoxy groups -OCH3 is 1. The first-order valence-electron chi connectivity index (χ1n) is 7.54. The number of nitrogens with one attached hydrogen (secondary N) is 1. The van der Waals surface area contributed by atoms with Crippen molar-refractivity contribution in [2.45, 2.75) is 13.0 Å². The molecule has 118 valence electrons. The zero-order chi connectivity index (χ0) is 15.9. The van der Waals surface area contributed by atoms with Crippen molar-refractivity contribution in [1.82, 2.24) is 15.3 Å². The second-order valence-corrected chi connectivity index (χ2v) is 6.25. The predicted molar refractivity (Wildman–Crippen MR) is 93.7 cm³/mol. The first-order chi connectivity index (χ1) is 11.3. The van der Waals surface area contributed by atoms with Gasteiger partial charge in [0.15, 0.2) is 0 Å². The van der Waals surface area contributed by atoms with Crippen molar-refractivity contribution in [3.05, 3.63) is 65.6 Å². The second-order valence-electron chi connectivity index (χ2n) is 5.13. The highest BCUT2D eigenvalue weighted by molar-refractivity contribution is 7.15. The van der Waals surface area contributed by atoms with Crippen LogP contribution in [0, 0.1) is 0 Å². The quantitative estimate of drug-likeness (QED) is 0.675. The number of hydrogen-bond acceptors (Lipinski definition) is 5. The molecule has 3 rings (SSSR count). The molecule has 0 aliphatic rings. The van der Waals surface area contributed by atoms with Gasteiger partial charge in [-0.3, -0.25) is 4.98 Å². The maximum atomic E-state index is 5.16. The number of pyridine rings is 1. The van der Waals surface area contributed by atoms with Crippen molar-refractivity contribution in [3.63, 3.8) is 0 Å². The highest BCUT2D eigenvalue weighted by Crippen LogP contribution is 2.24. The Hall–Kier alpha value is -2.24. The molecule has 5 heteroatoms. The van der Waals surface area contributed by atoms with Crippen molar-refractivity contribution in [3.8, 4) is 16.2 Å². The highest BCUT2D eigenvalue weighted by Gasteiger charge is 2.04. The van der Waals surface area contributed by atoms with Crippen LogP contribution in [-0.4, -0.2) is 23.6 Å². The Morgan fingerprint density at radius 1 is 1.13 bits per heavy atom. The fraction of sp³-hybridized carbons (Fsp3) is 0.222. The molecule has 0 amide bonds. The summed E-state index contributed by atoms with van der Waals surface area (Å²) >= 11 is 1.71. The van der Waals surface area contributed by atoms with Gasteiger partial charge in [0.05, 0.1) is 12.0 Å². The lowest BCUT2D eigenvalue weighted by molar-refractivity contribution is 0.414. The van der Waals surface area contributed by atoms with Crippen LogP contribution in [0.3, 0.4) is 0 Å². The van der Waals surface area contributed by atoms with Crippen molar-refractivity contribution >= 4 is 11.3 Å². The van der Waals surface area contributed by atoms with Crippen LogP contribution in [-0.2, 0) is 13.0 Å². The van der Waals surface area contributed by atoms with Crippen LogP contribution in [0.5, 0.6) is 5.75 Å². The summed E-state index contributed by atoms with van der Waals surface area (Å²) in [6, 6.07) is 12.2. The molecule has 0 fully saturated rings. The third kappa shape index (κ3) is 4.37. The minimum atomic E-state index is 0.793. The van der Waals surface area contributed by atoms with E-state index in [-0.39, 0.29) is 0 Å². The smallest absolute Gasteiger partial charge is 0.118 e. The third-order valence-corrected chi connectivity index (χ3v) is 4.57. The standard InChI is InChI=1S/C18H19N3OS/c1-22-16-6-4-14(5-7-16)8-10-20-13-18-21-12-17(23-18)15-3-2-9-19-11-15/h2-7,9,11-12,20H,8,10,13H2,1H3. The summed E-state index contributed by atoms with van der Waals surface area (Å²) in [7, 11) is 1.68. The van der Waals surface area contributed by atoms with Gasteiger partial charge in [0.1, 0.15) is 10.8 Å². The summed E-state index contributed by atoms with van der Waals surface area (Å²) in [5.74, 6) is 0.896. The molecule has 0 aliphatic carbocycles. The minimum Gasteiger partial charge on any atom is -0.497 e. The van der Waals surface area contributed by atoms with Gasteiger partial charge < -0.3 is 10.1 Å². The average Bonchev–Trinajstić information content (AvgIpc) is 3.09. The van der Waals surface area contributed by atoms with Gasteiger partial charge >= 0.3 is 0 Å². The topological polar surface area (TPSA) is 47.0 Å². The second kappa shape index (κ2) is 7.85. The molecular weight excluding hydrogens is 306 g/mol. The van der Waals surface area contributed by atoms with Crippen LogP contribution >= 0.6 is 11.3 Å². The Bertz CT molecular complexity index is 726. The van der Waals surface area contributed by atoms with Crippen LogP contribution < -0.4 is 10.1 Å². The SMILES string of the molecule is COc1ccc(CCNCc2ncc(-c3cccnc3)s2)cc1. The lowest BCUT2D eigenvalue weighted by Gasteiger charge is -2.04. The zero-order valence-corrected chi connectivity index (χ0v) is 13.8. The van der Waals surface area contributed by atoms with Gasteiger partial charge in [0.25, 0.3) is 0 Å². The van der Waals surface area contributed by atoms with E-state index < -0.39 is 0 Å². The van der Waals surface area contributed by atoms with Gasteiger partial charge in [-0.15, -0.1) is 11.3 Å². The molecule has 0 aliphatic heterocycles. The minimum absolute atomic E-state index is 0.793. The van der Waals surface area contributed by atoms with E-state index in [1.54, 1.807) is 24.6 Å². The molecule has 23 heavy (non-hydrogen) atoms. The first-order valence-corrected chi connectivity index (χ1v) is 8.35. The van der Waals surface area contributed by atoms with E-state index in [0.717, 1.165) is 40.7 Å². The Morgan fingerprint density at radius 3 is 2.74 bits per heavy atom. The molecule has 0 bridgehead atoms. The van der Waals surface area contributed by atoms with Crippen molar-refractivity contribution in [1.29, 1.82) is 0 Å². The number of nitrogens with zero attached hydrogens (tertiary/aromatic N) is 2. The van der Waals surface area contributed by atoms with E-state index in [2.05, 4.69) is 33.5 Å². The molecular formula is C18H19N3OS. The molecule has 0 saturated carbocycles. The summed E-state index contributed by atoms with van der Waals surface area (Å²) in [6.45, 7) is 1.72. The van der Waals surface area contributed by atoms with Crippen molar-refractivity contribution in [2.75, 3.05) is 13.7 Å². The molecule has 0 unspecified atom stereocenters. The maximum Gasteiger partial charge on any atom is 0.118 e. The van der Waals surface area contributed by atoms with Gasteiger partial charge in [-0.25, -0.2) is 4.98 Å². The number of ether oxygens (including phenoxy) is 1. The van der Waals surface area contributed by atoms with Gasteiger partial charge in [0.2, 0.25) is 0 Å². The van der Waals surface area contributed by atoms with Gasteiger partial charge in [0, 0.05) is 30.7 Å². The van der Waals surface area contributed by atoms with Crippen LogP contribution in [0.1, 0.15) is 10.6 Å². The molecule has 2 heterocycles. The summed E-state index contributed by atoms with van der Waals surface area (Å²) in [5.41, 5.74) is 2.42. The number of hydrogen-bond donors (Lipinski definition) is 1. The van der Waals surface area contributed by atoms with Crippen molar-refractivity contribution in [2.24, 2.45) is 0 Å². The predicted octanol–water partition coefficient (Wildman–Crippen LogP) is 3.55. The normalized spacial score (nSPS) is 10.7.